The van der Waals surface area contributed by atoms with Gasteiger partial charge in [-0.05, 0) is 13.8 Å². The fraction of sp³-hybridized carbons (Fsp3) is 0.500. The SMILES string of the molecule is CCOC(=O)c1cnc(C(C)N)s1.Cl. The highest BCUT2D eigenvalue weighted by Gasteiger charge is 2.12. The molecule has 0 aromatic carbocycles. The third-order valence-electron chi connectivity index (χ3n) is 1.39. The van der Waals surface area contributed by atoms with Crippen molar-refractivity contribution in [3.8, 4) is 0 Å². The Balaban J connectivity index is 0.00000169. The highest BCUT2D eigenvalue weighted by atomic mass is 35.5. The summed E-state index contributed by atoms with van der Waals surface area (Å²) in [5.74, 6) is -0.327. The second-order valence-electron chi connectivity index (χ2n) is 2.57. The first-order valence-corrected chi connectivity index (χ1v) is 4.85. The molecule has 14 heavy (non-hydrogen) atoms. The molecule has 0 aliphatic heterocycles. The molecule has 0 fully saturated rings. The molecule has 1 rings (SSSR count). The zero-order chi connectivity index (χ0) is 9.84. The van der Waals surface area contributed by atoms with Crippen LogP contribution in [0.3, 0.4) is 0 Å². The van der Waals surface area contributed by atoms with E-state index in [-0.39, 0.29) is 24.4 Å². The number of aromatic nitrogens is 1. The Kier molecular flexibility index (Phi) is 5.68. The van der Waals surface area contributed by atoms with E-state index in [1.54, 1.807) is 6.92 Å². The molecule has 1 atom stereocenters. The van der Waals surface area contributed by atoms with Crippen LogP contribution >= 0.6 is 23.7 Å². The average Bonchev–Trinajstić information content (AvgIpc) is 2.52. The number of hydrogen-bond donors (Lipinski definition) is 1. The van der Waals surface area contributed by atoms with Gasteiger partial charge in [0.2, 0.25) is 0 Å². The number of carbonyl (C=O) groups is 1. The van der Waals surface area contributed by atoms with Crippen LogP contribution in [0.15, 0.2) is 6.20 Å². The third kappa shape index (κ3) is 3.25. The lowest BCUT2D eigenvalue weighted by Crippen LogP contribution is -2.03. The zero-order valence-corrected chi connectivity index (χ0v) is 9.65. The minimum absolute atomic E-state index is 0. The molecule has 4 nitrogen and oxygen atoms in total. The van der Waals surface area contributed by atoms with E-state index in [0.29, 0.717) is 11.5 Å². The predicted molar refractivity (Wildman–Crippen MR) is 57.9 cm³/mol. The van der Waals surface area contributed by atoms with Crippen LogP contribution in [-0.4, -0.2) is 17.6 Å². The largest absolute Gasteiger partial charge is 0.462 e. The summed E-state index contributed by atoms with van der Waals surface area (Å²) in [5.41, 5.74) is 5.60. The monoisotopic (exact) mass is 236 g/mol. The highest BCUT2D eigenvalue weighted by Crippen LogP contribution is 2.18. The van der Waals surface area contributed by atoms with E-state index in [1.165, 1.54) is 17.5 Å². The van der Waals surface area contributed by atoms with Gasteiger partial charge in [-0.3, -0.25) is 0 Å². The number of halogens is 1. The zero-order valence-electron chi connectivity index (χ0n) is 8.02. The summed E-state index contributed by atoms with van der Waals surface area (Å²) >= 11 is 1.28. The topological polar surface area (TPSA) is 65.2 Å². The highest BCUT2D eigenvalue weighted by molar-refractivity contribution is 7.13. The lowest BCUT2D eigenvalue weighted by Gasteiger charge is -1.97. The quantitative estimate of drug-likeness (QED) is 0.813. The normalized spacial score (nSPS) is 11.6. The molecule has 0 aliphatic carbocycles. The van der Waals surface area contributed by atoms with Gasteiger partial charge >= 0.3 is 5.97 Å². The molecule has 0 aliphatic rings. The maximum absolute atomic E-state index is 11.2. The van der Waals surface area contributed by atoms with Crippen LogP contribution in [0.25, 0.3) is 0 Å². The van der Waals surface area contributed by atoms with Gasteiger partial charge in [0.1, 0.15) is 9.88 Å². The summed E-state index contributed by atoms with van der Waals surface area (Å²) in [4.78, 5) is 15.7. The maximum Gasteiger partial charge on any atom is 0.349 e. The van der Waals surface area contributed by atoms with Crippen molar-refractivity contribution < 1.29 is 9.53 Å². The molecule has 1 heterocycles. The number of rotatable bonds is 3. The van der Waals surface area contributed by atoms with E-state index in [4.69, 9.17) is 10.5 Å². The fourth-order valence-electron chi connectivity index (χ4n) is 0.795. The number of thiazole rings is 1. The Morgan fingerprint density at radius 1 is 1.79 bits per heavy atom. The van der Waals surface area contributed by atoms with E-state index in [9.17, 15) is 4.79 Å². The molecule has 1 aromatic rings. The van der Waals surface area contributed by atoms with Crippen molar-refractivity contribution >= 4 is 29.7 Å². The van der Waals surface area contributed by atoms with Crippen molar-refractivity contribution in [2.24, 2.45) is 5.73 Å². The van der Waals surface area contributed by atoms with Gasteiger partial charge in [0.15, 0.2) is 0 Å². The van der Waals surface area contributed by atoms with Crippen LogP contribution in [0, 0.1) is 0 Å². The molecule has 0 spiro atoms. The number of nitrogens with zero attached hydrogens (tertiary/aromatic N) is 1. The Morgan fingerprint density at radius 3 is 2.86 bits per heavy atom. The summed E-state index contributed by atoms with van der Waals surface area (Å²) in [6, 6.07) is -0.131. The minimum atomic E-state index is -0.327. The van der Waals surface area contributed by atoms with Crippen molar-refractivity contribution in [1.29, 1.82) is 0 Å². The first-order valence-electron chi connectivity index (χ1n) is 4.03. The van der Waals surface area contributed by atoms with Gasteiger partial charge in [-0.15, -0.1) is 23.7 Å². The van der Waals surface area contributed by atoms with Crippen LogP contribution in [-0.2, 0) is 4.74 Å². The lowest BCUT2D eigenvalue weighted by molar-refractivity contribution is 0.0532. The van der Waals surface area contributed by atoms with Crippen molar-refractivity contribution in [3.05, 3.63) is 16.1 Å². The van der Waals surface area contributed by atoms with Crippen LogP contribution in [0.5, 0.6) is 0 Å². The molecule has 0 radical (unpaired) electrons. The number of ether oxygens (including phenoxy) is 1. The molecule has 1 aromatic heterocycles. The standard InChI is InChI=1S/C8H12N2O2S.ClH/c1-3-12-8(11)6-4-10-7(13-6)5(2)9;/h4-5H,3,9H2,1-2H3;1H. The number of esters is 1. The maximum atomic E-state index is 11.2. The van der Waals surface area contributed by atoms with Gasteiger partial charge in [0.25, 0.3) is 0 Å². The molecular formula is C8H13ClN2O2S. The first-order chi connectivity index (χ1) is 6.15. The molecule has 6 heteroatoms. The Morgan fingerprint density at radius 2 is 2.43 bits per heavy atom. The molecule has 0 bridgehead atoms. The average molecular weight is 237 g/mol. The second kappa shape index (κ2) is 5.95. The van der Waals surface area contributed by atoms with Gasteiger partial charge in [-0.1, -0.05) is 0 Å². The first kappa shape index (κ1) is 13.4. The van der Waals surface area contributed by atoms with Crippen molar-refractivity contribution in [3.63, 3.8) is 0 Å². The molecular weight excluding hydrogens is 224 g/mol. The van der Waals surface area contributed by atoms with Gasteiger partial charge in [-0.2, -0.15) is 0 Å². The second-order valence-corrected chi connectivity index (χ2v) is 3.63. The van der Waals surface area contributed by atoms with E-state index in [0.717, 1.165) is 5.01 Å². The van der Waals surface area contributed by atoms with E-state index in [1.807, 2.05) is 6.92 Å². The molecule has 0 saturated heterocycles. The van der Waals surface area contributed by atoms with E-state index in [2.05, 4.69) is 4.98 Å². The molecule has 0 amide bonds. The smallest absolute Gasteiger partial charge is 0.349 e. The number of nitrogens with two attached hydrogens (primary N) is 1. The lowest BCUT2D eigenvalue weighted by atomic mass is 10.4. The molecule has 2 N–H and O–H groups in total. The molecule has 80 valence electrons. The minimum Gasteiger partial charge on any atom is -0.462 e. The predicted octanol–water partition coefficient (Wildman–Crippen LogP) is 1.76. The Hall–Kier alpha value is -0.650. The van der Waals surface area contributed by atoms with Crippen molar-refractivity contribution in [1.82, 2.24) is 4.98 Å². The van der Waals surface area contributed by atoms with E-state index < -0.39 is 0 Å². The molecule has 1 unspecified atom stereocenters. The number of hydrogen-bond acceptors (Lipinski definition) is 5. The molecule has 0 saturated carbocycles. The van der Waals surface area contributed by atoms with E-state index >= 15 is 0 Å². The van der Waals surface area contributed by atoms with Gasteiger partial charge < -0.3 is 10.5 Å². The van der Waals surface area contributed by atoms with Crippen molar-refractivity contribution in [2.45, 2.75) is 19.9 Å². The van der Waals surface area contributed by atoms with Crippen LogP contribution in [0.4, 0.5) is 0 Å². The van der Waals surface area contributed by atoms with Gasteiger partial charge in [-0.25, -0.2) is 9.78 Å². The summed E-state index contributed by atoms with van der Waals surface area (Å²) in [5, 5.41) is 0.753. The van der Waals surface area contributed by atoms with Gasteiger partial charge in [0.05, 0.1) is 18.8 Å². The summed E-state index contributed by atoms with van der Waals surface area (Å²) in [6.07, 6.45) is 1.50. The van der Waals surface area contributed by atoms with Crippen molar-refractivity contribution in [2.75, 3.05) is 6.61 Å². The summed E-state index contributed by atoms with van der Waals surface area (Å²) in [7, 11) is 0. The Bertz CT molecular complexity index is 301. The third-order valence-corrected chi connectivity index (χ3v) is 2.57. The fourth-order valence-corrected chi connectivity index (χ4v) is 1.56. The van der Waals surface area contributed by atoms with Crippen LogP contribution in [0.1, 0.15) is 34.6 Å². The number of carbonyl (C=O) groups excluding carboxylic acids is 1. The van der Waals surface area contributed by atoms with Crippen LogP contribution < -0.4 is 5.73 Å². The van der Waals surface area contributed by atoms with Gasteiger partial charge in [0, 0.05) is 0 Å². The Labute approximate surface area is 92.9 Å². The summed E-state index contributed by atoms with van der Waals surface area (Å²) in [6.45, 7) is 3.98. The summed E-state index contributed by atoms with van der Waals surface area (Å²) < 4.78 is 4.81. The van der Waals surface area contributed by atoms with Crippen LogP contribution in [0.2, 0.25) is 0 Å².